The predicted molar refractivity (Wildman–Crippen MR) is 242 cm³/mol. The standard InChI is InChI=1S/C52H30N4S/c1-3-13-35-31(11-1)21-25-45-49(35)38-16-5-9-19-43(38)55(45)34-24-27-44-40(30-34)50-36-14-4-2-12-32(36)22-26-46(50)56(44)52-51(53-41-17-7-8-18-42(41)54-52)33-23-28-48-39(29-33)37-15-6-10-20-47(37)57-48/h1-30H. The second-order valence-corrected chi connectivity index (χ2v) is 16.0. The highest BCUT2D eigenvalue weighted by Gasteiger charge is 2.23. The van der Waals surface area contributed by atoms with Crippen molar-refractivity contribution < 1.29 is 0 Å². The van der Waals surface area contributed by atoms with E-state index in [-0.39, 0.29) is 0 Å². The Hall–Kier alpha value is -7.34. The molecule has 9 aromatic carbocycles. The van der Waals surface area contributed by atoms with E-state index in [1.807, 2.05) is 23.5 Å². The zero-order chi connectivity index (χ0) is 37.2. The smallest absolute Gasteiger partial charge is 0.165 e. The summed E-state index contributed by atoms with van der Waals surface area (Å²) >= 11 is 1.83. The Morgan fingerprint density at radius 3 is 1.74 bits per heavy atom. The van der Waals surface area contributed by atoms with Crippen LogP contribution in [-0.4, -0.2) is 19.1 Å². The van der Waals surface area contributed by atoms with Gasteiger partial charge in [0.15, 0.2) is 5.82 Å². The lowest BCUT2D eigenvalue weighted by Crippen LogP contribution is -2.04. The summed E-state index contributed by atoms with van der Waals surface area (Å²) in [5.41, 5.74) is 9.34. The SMILES string of the molecule is c1ccc2c(c1)ccc1c2c2ccccc2n1-c1ccc2c(c1)c1c3ccccc3ccc1n2-c1nc2ccccc2nc1-c1ccc2sc3ccccc3c2c1. The lowest BCUT2D eigenvalue weighted by Gasteiger charge is -2.14. The van der Waals surface area contributed by atoms with E-state index < -0.39 is 0 Å². The average Bonchev–Trinajstić information content (AvgIpc) is 3.93. The quantitative estimate of drug-likeness (QED) is 0.181. The van der Waals surface area contributed by atoms with Crippen LogP contribution >= 0.6 is 11.3 Å². The molecule has 0 saturated carbocycles. The Bertz CT molecular complexity index is 3830. The number of fused-ring (bicyclic) bond motifs is 14. The molecule has 264 valence electrons. The van der Waals surface area contributed by atoms with Gasteiger partial charge in [-0.05, 0) is 88.3 Å². The summed E-state index contributed by atoms with van der Waals surface area (Å²) in [4.78, 5) is 10.9. The molecule has 0 atom stereocenters. The zero-order valence-electron chi connectivity index (χ0n) is 30.5. The number of thiophene rings is 1. The Morgan fingerprint density at radius 2 is 0.947 bits per heavy atom. The maximum absolute atomic E-state index is 5.49. The van der Waals surface area contributed by atoms with E-state index in [1.165, 1.54) is 74.3 Å². The van der Waals surface area contributed by atoms with Crippen LogP contribution in [0, 0.1) is 0 Å². The van der Waals surface area contributed by atoms with Crippen LogP contribution in [0.25, 0.3) is 119 Å². The van der Waals surface area contributed by atoms with Crippen molar-refractivity contribution in [2.45, 2.75) is 0 Å². The summed E-state index contributed by atoms with van der Waals surface area (Å²) in [5.74, 6) is 0.818. The lowest BCUT2D eigenvalue weighted by atomic mass is 10.0. The minimum Gasteiger partial charge on any atom is -0.309 e. The average molecular weight is 743 g/mol. The highest BCUT2D eigenvalue weighted by Crippen LogP contribution is 2.43. The molecule has 4 heterocycles. The molecule has 0 unspecified atom stereocenters. The molecule has 0 aliphatic heterocycles. The first-order chi connectivity index (χ1) is 28.3. The van der Waals surface area contributed by atoms with E-state index >= 15 is 0 Å². The van der Waals surface area contributed by atoms with Gasteiger partial charge < -0.3 is 4.57 Å². The molecule has 0 aliphatic carbocycles. The highest BCUT2D eigenvalue weighted by molar-refractivity contribution is 7.25. The van der Waals surface area contributed by atoms with Gasteiger partial charge in [-0.1, -0.05) is 115 Å². The molecular formula is C52H30N4S. The Labute approximate surface area is 330 Å². The van der Waals surface area contributed by atoms with Crippen molar-refractivity contribution in [2.75, 3.05) is 0 Å². The number of nitrogens with zero attached hydrogens (tertiary/aromatic N) is 4. The molecule has 0 amide bonds. The largest absolute Gasteiger partial charge is 0.309 e. The molecule has 4 aromatic heterocycles. The summed E-state index contributed by atoms with van der Waals surface area (Å²) in [7, 11) is 0. The van der Waals surface area contributed by atoms with Crippen molar-refractivity contribution in [2.24, 2.45) is 0 Å². The van der Waals surface area contributed by atoms with Crippen molar-refractivity contribution in [1.82, 2.24) is 19.1 Å². The zero-order valence-corrected chi connectivity index (χ0v) is 31.3. The minimum absolute atomic E-state index is 0.818. The molecule has 57 heavy (non-hydrogen) atoms. The third-order valence-corrected chi connectivity index (χ3v) is 13.0. The number of para-hydroxylation sites is 3. The minimum atomic E-state index is 0.818. The van der Waals surface area contributed by atoms with E-state index in [0.29, 0.717) is 0 Å². The van der Waals surface area contributed by atoms with Crippen LogP contribution in [0.3, 0.4) is 0 Å². The van der Waals surface area contributed by atoms with E-state index in [9.17, 15) is 0 Å². The molecule has 4 nitrogen and oxygen atoms in total. The number of hydrogen-bond acceptors (Lipinski definition) is 3. The second kappa shape index (κ2) is 11.6. The molecule has 0 fully saturated rings. The molecule has 0 N–H and O–H groups in total. The summed E-state index contributed by atoms with van der Waals surface area (Å²) in [6, 6.07) is 65.9. The fraction of sp³-hybridized carbons (Fsp3) is 0. The number of benzene rings is 9. The van der Waals surface area contributed by atoms with Crippen molar-refractivity contribution >= 4 is 108 Å². The third-order valence-electron chi connectivity index (χ3n) is 11.9. The van der Waals surface area contributed by atoms with Crippen molar-refractivity contribution in [3.8, 4) is 22.8 Å². The molecule has 0 saturated heterocycles. The maximum atomic E-state index is 5.49. The van der Waals surface area contributed by atoms with Gasteiger partial charge in [-0.3, -0.25) is 4.57 Å². The molecule has 0 aliphatic rings. The molecule has 5 heteroatoms. The molecule has 13 rings (SSSR count). The van der Waals surface area contributed by atoms with Crippen molar-refractivity contribution in [3.05, 3.63) is 182 Å². The first-order valence-corrected chi connectivity index (χ1v) is 20.1. The molecule has 13 aromatic rings. The molecule has 0 radical (unpaired) electrons. The van der Waals surface area contributed by atoms with Gasteiger partial charge in [0.2, 0.25) is 0 Å². The molecule has 0 spiro atoms. The van der Waals surface area contributed by atoms with E-state index in [2.05, 4.69) is 179 Å². The summed E-state index contributed by atoms with van der Waals surface area (Å²) in [6.45, 7) is 0. The van der Waals surface area contributed by atoms with Crippen LogP contribution in [-0.2, 0) is 0 Å². The first-order valence-electron chi connectivity index (χ1n) is 19.3. The highest BCUT2D eigenvalue weighted by atomic mass is 32.1. The van der Waals surface area contributed by atoms with Gasteiger partial charge in [-0.2, -0.15) is 0 Å². The van der Waals surface area contributed by atoms with Gasteiger partial charge in [0.25, 0.3) is 0 Å². The van der Waals surface area contributed by atoms with Crippen LogP contribution in [0.1, 0.15) is 0 Å². The van der Waals surface area contributed by atoms with Crippen LogP contribution in [0.5, 0.6) is 0 Å². The van der Waals surface area contributed by atoms with Gasteiger partial charge >= 0.3 is 0 Å². The lowest BCUT2D eigenvalue weighted by molar-refractivity contribution is 1.08. The Morgan fingerprint density at radius 1 is 0.368 bits per heavy atom. The van der Waals surface area contributed by atoms with Gasteiger partial charge in [0, 0.05) is 53.0 Å². The third kappa shape index (κ3) is 4.37. The van der Waals surface area contributed by atoms with Crippen LogP contribution < -0.4 is 0 Å². The summed E-state index contributed by atoms with van der Waals surface area (Å²) in [5, 5.41) is 12.4. The summed E-state index contributed by atoms with van der Waals surface area (Å²) in [6.07, 6.45) is 0. The maximum Gasteiger partial charge on any atom is 0.165 e. The van der Waals surface area contributed by atoms with Crippen LogP contribution in [0.4, 0.5) is 0 Å². The Kier molecular flexibility index (Phi) is 6.29. The first kappa shape index (κ1) is 30.9. The monoisotopic (exact) mass is 742 g/mol. The fourth-order valence-electron chi connectivity index (χ4n) is 9.38. The van der Waals surface area contributed by atoms with Gasteiger partial charge in [0.1, 0.15) is 5.69 Å². The van der Waals surface area contributed by atoms with Gasteiger partial charge in [-0.15, -0.1) is 11.3 Å². The second-order valence-electron chi connectivity index (χ2n) is 14.9. The number of rotatable bonds is 3. The van der Waals surface area contributed by atoms with Gasteiger partial charge in [0.05, 0.1) is 33.1 Å². The van der Waals surface area contributed by atoms with E-state index in [0.717, 1.165) is 44.8 Å². The van der Waals surface area contributed by atoms with E-state index in [1.54, 1.807) is 0 Å². The number of aromatic nitrogens is 4. The molecule has 0 bridgehead atoms. The molecular weight excluding hydrogens is 713 g/mol. The normalized spacial score (nSPS) is 12.2. The number of hydrogen-bond donors (Lipinski definition) is 0. The van der Waals surface area contributed by atoms with Gasteiger partial charge in [-0.25, -0.2) is 9.97 Å². The van der Waals surface area contributed by atoms with Crippen molar-refractivity contribution in [3.63, 3.8) is 0 Å². The van der Waals surface area contributed by atoms with E-state index in [4.69, 9.17) is 9.97 Å². The summed E-state index contributed by atoms with van der Waals surface area (Å²) < 4.78 is 7.34. The van der Waals surface area contributed by atoms with Crippen LogP contribution in [0.2, 0.25) is 0 Å². The predicted octanol–water partition coefficient (Wildman–Crippen LogP) is 14.2. The fourth-order valence-corrected chi connectivity index (χ4v) is 10.5. The van der Waals surface area contributed by atoms with Crippen LogP contribution in [0.15, 0.2) is 182 Å². The topological polar surface area (TPSA) is 35.6 Å². The Balaban J connectivity index is 1.14. The van der Waals surface area contributed by atoms with Crippen molar-refractivity contribution in [1.29, 1.82) is 0 Å².